The number of nitrogens with one attached hydrogen (secondary N) is 2. The maximum absolute atomic E-state index is 12.3. The van der Waals surface area contributed by atoms with Crippen molar-refractivity contribution >= 4 is 5.91 Å². The molecule has 2 rings (SSSR count). The zero-order chi connectivity index (χ0) is 15.4. The van der Waals surface area contributed by atoms with E-state index in [1.807, 2.05) is 52.2 Å². The summed E-state index contributed by atoms with van der Waals surface area (Å²) in [5.41, 5.74) is 2.78. The van der Waals surface area contributed by atoms with E-state index in [9.17, 15) is 4.79 Å². The number of nitrogens with zero attached hydrogens (tertiary/aromatic N) is 2. The van der Waals surface area contributed by atoms with E-state index in [0.717, 1.165) is 23.6 Å². The highest BCUT2D eigenvalue weighted by molar-refractivity contribution is 5.94. The topological polar surface area (TPSA) is 61.0 Å². The number of rotatable bonds is 5. The Bertz CT molecular complexity index is 618. The summed E-state index contributed by atoms with van der Waals surface area (Å²) in [7, 11) is 4.02. The van der Waals surface area contributed by atoms with Crippen LogP contribution < -0.4 is 5.32 Å². The predicted molar refractivity (Wildman–Crippen MR) is 83.0 cm³/mol. The van der Waals surface area contributed by atoms with E-state index in [0.29, 0.717) is 5.56 Å². The second kappa shape index (κ2) is 6.54. The van der Waals surface area contributed by atoms with Crippen molar-refractivity contribution in [2.75, 3.05) is 14.1 Å². The maximum Gasteiger partial charge on any atom is 0.251 e. The van der Waals surface area contributed by atoms with E-state index in [4.69, 9.17) is 0 Å². The molecule has 0 saturated heterocycles. The number of H-pyrrole nitrogens is 1. The average Bonchev–Trinajstić information content (AvgIpc) is 2.85. The number of aromatic nitrogens is 2. The van der Waals surface area contributed by atoms with Gasteiger partial charge in [0.05, 0.1) is 6.04 Å². The summed E-state index contributed by atoms with van der Waals surface area (Å²) >= 11 is 0. The minimum Gasteiger partial charge on any atom is -0.344 e. The number of hydrogen-bond acceptors (Lipinski definition) is 3. The van der Waals surface area contributed by atoms with Gasteiger partial charge in [0.25, 0.3) is 5.91 Å². The fourth-order valence-electron chi connectivity index (χ4n) is 2.18. The third-order valence-corrected chi connectivity index (χ3v) is 3.17. The lowest BCUT2D eigenvalue weighted by molar-refractivity contribution is 0.0938. The van der Waals surface area contributed by atoms with Crippen molar-refractivity contribution in [3.05, 3.63) is 53.1 Å². The number of benzene rings is 1. The third-order valence-electron chi connectivity index (χ3n) is 3.17. The highest BCUT2D eigenvalue weighted by Gasteiger charge is 2.14. The maximum atomic E-state index is 12.3. The van der Waals surface area contributed by atoms with Gasteiger partial charge in [-0.1, -0.05) is 12.1 Å². The van der Waals surface area contributed by atoms with Crippen LogP contribution in [0.4, 0.5) is 0 Å². The Balaban J connectivity index is 2.06. The van der Waals surface area contributed by atoms with Crippen molar-refractivity contribution in [2.24, 2.45) is 0 Å². The van der Waals surface area contributed by atoms with Gasteiger partial charge in [-0.3, -0.25) is 4.79 Å². The van der Waals surface area contributed by atoms with E-state index in [2.05, 4.69) is 20.2 Å². The molecule has 5 nitrogen and oxygen atoms in total. The molecule has 0 saturated carbocycles. The van der Waals surface area contributed by atoms with E-state index >= 15 is 0 Å². The van der Waals surface area contributed by atoms with Gasteiger partial charge in [-0.25, -0.2) is 4.98 Å². The molecular weight excluding hydrogens is 264 g/mol. The van der Waals surface area contributed by atoms with E-state index in [1.54, 1.807) is 6.20 Å². The van der Waals surface area contributed by atoms with E-state index in [-0.39, 0.29) is 11.9 Å². The van der Waals surface area contributed by atoms with Crippen LogP contribution in [0.5, 0.6) is 0 Å². The second-order valence-electron chi connectivity index (χ2n) is 5.58. The van der Waals surface area contributed by atoms with Crippen molar-refractivity contribution in [3.8, 4) is 0 Å². The molecular formula is C16H22N4O. The van der Waals surface area contributed by atoms with Gasteiger partial charge in [0.1, 0.15) is 5.82 Å². The molecule has 0 fully saturated rings. The molecule has 0 spiro atoms. The van der Waals surface area contributed by atoms with E-state index < -0.39 is 0 Å². The Morgan fingerprint density at radius 1 is 1.43 bits per heavy atom. The van der Waals surface area contributed by atoms with E-state index in [1.165, 1.54) is 0 Å². The number of amides is 1. The van der Waals surface area contributed by atoms with Crippen LogP contribution >= 0.6 is 0 Å². The molecule has 2 N–H and O–H groups in total. The minimum absolute atomic E-state index is 0.0860. The summed E-state index contributed by atoms with van der Waals surface area (Å²) in [5, 5.41) is 2.96. The molecule has 0 aliphatic rings. The first-order chi connectivity index (χ1) is 9.95. The lowest BCUT2D eigenvalue weighted by Gasteiger charge is -2.13. The SMILES string of the molecule is Cc1cnc(C(C)NC(=O)c2cccc(CN(C)C)c2)[nH]1. The average molecular weight is 286 g/mol. The zero-order valence-corrected chi connectivity index (χ0v) is 13.0. The van der Waals surface area contributed by atoms with Gasteiger partial charge >= 0.3 is 0 Å². The van der Waals surface area contributed by atoms with Crippen LogP contribution in [0.15, 0.2) is 30.5 Å². The van der Waals surface area contributed by atoms with Crippen LogP contribution in [-0.2, 0) is 6.54 Å². The summed E-state index contributed by atoms with van der Waals surface area (Å²) in [6.07, 6.45) is 1.76. The Labute approximate surface area is 125 Å². The Morgan fingerprint density at radius 2 is 2.19 bits per heavy atom. The van der Waals surface area contributed by atoms with Gasteiger partial charge in [0.15, 0.2) is 0 Å². The van der Waals surface area contributed by atoms with Crippen molar-refractivity contribution in [3.63, 3.8) is 0 Å². The second-order valence-corrected chi connectivity index (χ2v) is 5.58. The number of aromatic amines is 1. The van der Waals surface area contributed by atoms with Gasteiger partial charge in [0, 0.05) is 24.0 Å². The molecule has 0 radical (unpaired) electrons. The summed E-state index contributed by atoms with van der Waals surface area (Å²) < 4.78 is 0. The van der Waals surface area contributed by atoms with Crippen LogP contribution in [0.25, 0.3) is 0 Å². The Kier molecular flexibility index (Phi) is 4.75. The molecule has 21 heavy (non-hydrogen) atoms. The van der Waals surface area contributed by atoms with Gasteiger partial charge in [0.2, 0.25) is 0 Å². The molecule has 112 valence electrons. The highest BCUT2D eigenvalue weighted by Crippen LogP contribution is 2.11. The molecule has 5 heteroatoms. The van der Waals surface area contributed by atoms with Gasteiger partial charge in [-0.2, -0.15) is 0 Å². The summed E-state index contributed by atoms with van der Waals surface area (Å²) in [4.78, 5) is 21.8. The first-order valence-electron chi connectivity index (χ1n) is 7.01. The van der Waals surface area contributed by atoms with Gasteiger partial charge in [-0.05, 0) is 45.6 Å². The number of carbonyl (C=O) groups is 1. The monoisotopic (exact) mass is 286 g/mol. The molecule has 0 aliphatic heterocycles. The normalized spacial score (nSPS) is 12.4. The van der Waals surface area contributed by atoms with Crippen molar-refractivity contribution < 1.29 is 4.79 Å². The van der Waals surface area contributed by atoms with Gasteiger partial charge in [-0.15, -0.1) is 0 Å². The first kappa shape index (κ1) is 15.3. The zero-order valence-electron chi connectivity index (χ0n) is 13.0. The number of aryl methyl sites for hydroxylation is 1. The molecule has 2 aromatic rings. The van der Waals surface area contributed by atoms with Crippen LogP contribution in [0.3, 0.4) is 0 Å². The third kappa shape index (κ3) is 4.16. The fraction of sp³-hybridized carbons (Fsp3) is 0.375. The Morgan fingerprint density at radius 3 is 2.81 bits per heavy atom. The first-order valence-corrected chi connectivity index (χ1v) is 7.01. The lowest BCUT2D eigenvalue weighted by Crippen LogP contribution is -2.27. The highest BCUT2D eigenvalue weighted by atomic mass is 16.1. The molecule has 0 bridgehead atoms. The molecule has 1 amide bonds. The number of carbonyl (C=O) groups excluding carboxylic acids is 1. The van der Waals surface area contributed by atoms with Crippen molar-refractivity contribution in [2.45, 2.75) is 26.4 Å². The Hall–Kier alpha value is -2.14. The molecule has 0 aliphatic carbocycles. The summed E-state index contributed by atoms with van der Waals surface area (Å²) in [6.45, 7) is 4.67. The fourth-order valence-corrected chi connectivity index (χ4v) is 2.18. The van der Waals surface area contributed by atoms with Crippen molar-refractivity contribution in [1.82, 2.24) is 20.2 Å². The standard InChI is InChI=1S/C16H22N4O/c1-11-9-17-15(18-11)12(2)19-16(21)14-7-5-6-13(8-14)10-20(3)4/h5-9,12H,10H2,1-4H3,(H,17,18)(H,19,21). The lowest BCUT2D eigenvalue weighted by atomic mass is 10.1. The molecule has 1 unspecified atom stereocenters. The van der Waals surface area contributed by atoms with Gasteiger partial charge < -0.3 is 15.2 Å². The molecule has 1 aromatic heterocycles. The predicted octanol–water partition coefficient (Wildman–Crippen LogP) is 2.27. The molecule has 1 heterocycles. The van der Waals surface area contributed by atoms with Crippen LogP contribution in [0, 0.1) is 6.92 Å². The van der Waals surface area contributed by atoms with Crippen LogP contribution in [0.1, 0.15) is 40.4 Å². The molecule has 1 atom stereocenters. The quantitative estimate of drug-likeness (QED) is 0.886. The largest absolute Gasteiger partial charge is 0.344 e. The number of hydrogen-bond donors (Lipinski definition) is 2. The summed E-state index contributed by atoms with van der Waals surface area (Å²) in [5.74, 6) is 0.683. The number of imidazole rings is 1. The van der Waals surface area contributed by atoms with Crippen molar-refractivity contribution in [1.29, 1.82) is 0 Å². The van der Waals surface area contributed by atoms with Crippen LogP contribution in [0.2, 0.25) is 0 Å². The smallest absolute Gasteiger partial charge is 0.251 e. The molecule has 1 aromatic carbocycles. The van der Waals surface area contributed by atoms with Crippen LogP contribution in [-0.4, -0.2) is 34.9 Å². The summed E-state index contributed by atoms with van der Waals surface area (Å²) in [6, 6.07) is 7.54. The minimum atomic E-state index is -0.149.